The quantitative estimate of drug-likeness (QED) is 0.719. The van der Waals surface area contributed by atoms with E-state index in [2.05, 4.69) is 4.90 Å². The lowest BCUT2D eigenvalue weighted by Crippen LogP contribution is -2.42. The van der Waals surface area contributed by atoms with Crippen molar-refractivity contribution in [2.24, 2.45) is 11.7 Å². The summed E-state index contributed by atoms with van der Waals surface area (Å²) in [6.07, 6.45) is 7.46. The van der Waals surface area contributed by atoms with Gasteiger partial charge in [0.25, 0.3) is 0 Å². The van der Waals surface area contributed by atoms with Gasteiger partial charge in [-0.15, -0.1) is 0 Å². The Morgan fingerprint density at radius 3 is 2.14 bits per heavy atom. The fourth-order valence-electron chi connectivity index (χ4n) is 2.82. The first-order valence-corrected chi connectivity index (χ1v) is 5.81. The zero-order valence-electron chi connectivity index (χ0n) is 8.74. The molecule has 0 radical (unpaired) electrons. The molecule has 0 atom stereocenters. The Morgan fingerprint density at radius 1 is 1.07 bits per heavy atom. The van der Waals surface area contributed by atoms with Crippen molar-refractivity contribution in [2.45, 2.75) is 44.6 Å². The Morgan fingerprint density at radius 2 is 1.64 bits per heavy atom. The third kappa shape index (κ3) is 2.08. The van der Waals surface area contributed by atoms with E-state index in [-0.39, 0.29) is 11.8 Å². The molecule has 2 rings (SSSR count). The van der Waals surface area contributed by atoms with E-state index in [9.17, 15) is 4.79 Å². The van der Waals surface area contributed by atoms with Gasteiger partial charge in [0.05, 0.1) is 0 Å². The standard InChI is InChI=1S/C11H20N2O/c12-11(14)9-5-7-13(8-6-9)10-3-1-2-4-10/h9-10H,1-8H2,(H2,12,14). The van der Waals surface area contributed by atoms with Crippen LogP contribution in [0.15, 0.2) is 0 Å². The lowest BCUT2D eigenvalue weighted by molar-refractivity contribution is -0.123. The maximum atomic E-state index is 11.0. The average Bonchev–Trinajstić information content (AvgIpc) is 2.71. The summed E-state index contributed by atoms with van der Waals surface area (Å²) in [7, 11) is 0. The predicted molar refractivity (Wildman–Crippen MR) is 55.7 cm³/mol. The van der Waals surface area contributed by atoms with Gasteiger partial charge in [-0.2, -0.15) is 0 Å². The molecule has 2 fully saturated rings. The number of carbonyl (C=O) groups excluding carboxylic acids is 1. The van der Waals surface area contributed by atoms with Crippen LogP contribution in [-0.4, -0.2) is 29.9 Å². The first-order chi connectivity index (χ1) is 6.77. The highest BCUT2D eigenvalue weighted by molar-refractivity contribution is 5.76. The van der Waals surface area contributed by atoms with Crippen molar-refractivity contribution in [3.63, 3.8) is 0 Å². The number of piperidine rings is 1. The van der Waals surface area contributed by atoms with Crippen LogP contribution in [0.2, 0.25) is 0 Å². The van der Waals surface area contributed by atoms with Gasteiger partial charge in [0.15, 0.2) is 0 Å². The van der Waals surface area contributed by atoms with Crippen LogP contribution in [0.1, 0.15) is 38.5 Å². The first kappa shape index (κ1) is 9.97. The van der Waals surface area contributed by atoms with Gasteiger partial charge in [-0.25, -0.2) is 0 Å². The highest BCUT2D eigenvalue weighted by atomic mass is 16.1. The zero-order chi connectivity index (χ0) is 9.97. The molecule has 14 heavy (non-hydrogen) atoms. The molecule has 2 N–H and O–H groups in total. The van der Waals surface area contributed by atoms with E-state index >= 15 is 0 Å². The molecule has 0 spiro atoms. The van der Waals surface area contributed by atoms with Gasteiger partial charge in [0.1, 0.15) is 0 Å². The smallest absolute Gasteiger partial charge is 0.220 e. The van der Waals surface area contributed by atoms with E-state index < -0.39 is 0 Å². The number of primary amides is 1. The third-order valence-electron chi connectivity index (χ3n) is 3.77. The van der Waals surface area contributed by atoms with Crippen molar-refractivity contribution >= 4 is 5.91 Å². The molecule has 0 aromatic carbocycles. The molecule has 0 aromatic heterocycles. The normalized spacial score (nSPS) is 26.9. The summed E-state index contributed by atoms with van der Waals surface area (Å²) in [6, 6.07) is 0.809. The summed E-state index contributed by atoms with van der Waals surface area (Å²) in [6.45, 7) is 2.16. The lowest BCUT2D eigenvalue weighted by Gasteiger charge is -2.34. The minimum Gasteiger partial charge on any atom is -0.369 e. The maximum absolute atomic E-state index is 11.0. The summed E-state index contributed by atoms with van der Waals surface area (Å²) >= 11 is 0. The molecule has 1 aliphatic carbocycles. The van der Waals surface area contributed by atoms with Crippen molar-refractivity contribution in [3.05, 3.63) is 0 Å². The van der Waals surface area contributed by atoms with Crippen LogP contribution in [0.5, 0.6) is 0 Å². The Balaban J connectivity index is 1.80. The number of hydrogen-bond donors (Lipinski definition) is 1. The molecule has 3 heteroatoms. The molecule has 1 saturated heterocycles. The summed E-state index contributed by atoms with van der Waals surface area (Å²) in [5, 5.41) is 0. The molecule has 0 unspecified atom stereocenters. The number of carbonyl (C=O) groups is 1. The molecule has 80 valence electrons. The maximum Gasteiger partial charge on any atom is 0.220 e. The van der Waals surface area contributed by atoms with Crippen LogP contribution in [-0.2, 0) is 4.79 Å². The van der Waals surface area contributed by atoms with Crippen molar-refractivity contribution in [1.82, 2.24) is 4.90 Å². The Kier molecular flexibility index (Phi) is 3.06. The van der Waals surface area contributed by atoms with Gasteiger partial charge in [-0.1, -0.05) is 12.8 Å². The number of amides is 1. The molecule has 1 amide bonds. The molecule has 2 aliphatic rings. The van der Waals surface area contributed by atoms with Crippen molar-refractivity contribution in [2.75, 3.05) is 13.1 Å². The Bertz CT molecular complexity index is 203. The Labute approximate surface area is 85.6 Å². The van der Waals surface area contributed by atoms with Gasteiger partial charge in [-0.3, -0.25) is 4.79 Å². The fourth-order valence-corrected chi connectivity index (χ4v) is 2.82. The zero-order valence-corrected chi connectivity index (χ0v) is 8.74. The number of likely N-dealkylation sites (tertiary alicyclic amines) is 1. The molecule has 1 heterocycles. The molecular weight excluding hydrogens is 176 g/mol. The highest BCUT2D eigenvalue weighted by Crippen LogP contribution is 2.27. The third-order valence-corrected chi connectivity index (χ3v) is 3.77. The van der Waals surface area contributed by atoms with E-state index in [0.717, 1.165) is 32.0 Å². The molecule has 1 aliphatic heterocycles. The van der Waals surface area contributed by atoms with E-state index in [1.165, 1.54) is 25.7 Å². The van der Waals surface area contributed by atoms with Crippen LogP contribution in [0.25, 0.3) is 0 Å². The summed E-state index contributed by atoms with van der Waals surface area (Å²) in [4.78, 5) is 13.5. The molecular formula is C11H20N2O. The van der Waals surface area contributed by atoms with Crippen molar-refractivity contribution in [1.29, 1.82) is 0 Å². The van der Waals surface area contributed by atoms with E-state index in [0.29, 0.717) is 0 Å². The van der Waals surface area contributed by atoms with Gasteiger partial charge in [-0.05, 0) is 38.8 Å². The minimum absolute atomic E-state index is 0.101. The highest BCUT2D eigenvalue weighted by Gasteiger charge is 2.28. The van der Waals surface area contributed by atoms with Crippen LogP contribution >= 0.6 is 0 Å². The molecule has 3 nitrogen and oxygen atoms in total. The van der Waals surface area contributed by atoms with Crippen LogP contribution in [0.3, 0.4) is 0 Å². The second-order valence-electron chi connectivity index (χ2n) is 4.65. The predicted octanol–water partition coefficient (Wildman–Crippen LogP) is 1.13. The first-order valence-electron chi connectivity index (χ1n) is 5.81. The van der Waals surface area contributed by atoms with E-state index in [1.54, 1.807) is 0 Å². The number of rotatable bonds is 2. The molecule has 0 aromatic rings. The number of hydrogen-bond acceptors (Lipinski definition) is 2. The van der Waals surface area contributed by atoms with Gasteiger partial charge in [0.2, 0.25) is 5.91 Å². The second-order valence-corrected chi connectivity index (χ2v) is 4.65. The summed E-state index contributed by atoms with van der Waals surface area (Å²) in [5.41, 5.74) is 5.31. The average molecular weight is 196 g/mol. The van der Waals surface area contributed by atoms with Crippen LogP contribution in [0, 0.1) is 5.92 Å². The van der Waals surface area contributed by atoms with Crippen molar-refractivity contribution < 1.29 is 4.79 Å². The molecule has 0 bridgehead atoms. The monoisotopic (exact) mass is 196 g/mol. The summed E-state index contributed by atoms with van der Waals surface area (Å²) in [5.74, 6) is 0.0451. The van der Waals surface area contributed by atoms with Gasteiger partial charge in [0, 0.05) is 12.0 Å². The topological polar surface area (TPSA) is 46.3 Å². The van der Waals surface area contributed by atoms with Crippen LogP contribution in [0.4, 0.5) is 0 Å². The van der Waals surface area contributed by atoms with E-state index in [4.69, 9.17) is 5.73 Å². The SMILES string of the molecule is NC(=O)C1CCN(C2CCCC2)CC1. The van der Waals surface area contributed by atoms with Crippen LogP contribution < -0.4 is 5.73 Å². The van der Waals surface area contributed by atoms with E-state index in [1.807, 2.05) is 0 Å². The van der Waals surface area contributed by atoms with Crippen molar-refractivity contribution in [3.8, 4) is 0 Å². The number of nitrogens with zero attached hydrogens (tertiary/aromatic N) is 1. The largest absolute Gasteiger partial charge is 0.369 e. The lowest BCUT2D eigenvalue weighted by atomic mass is 9.95. The van der Waals surface area contributed by atoms with Gasteiger partial charge < -0.3 is 10.6 Å². The van der Waals surface area contributed by atoms with Gasteiger partial charge >= 0.3 is 0 Å². The Hall–Kier alpha value is -0.570. The summed E-state index contributed by atoms with van der Waals surface area (Å²) < 4.78 is 0. The number of nitrogens with two attached hydrogens (primary N) is 1. The molecule has 1 saturated carbocycles. The minimum atomic E-state index is -0.101. The fraction of sp³-hybridized carbons (Fsp3) is 0.909. The second kappa shape index (κ2) is 4.30.